The molecule has 18 heavy (non-hydrogen) atoms. The van der Waals surface area contributed by atoms with Gasteiger partial charge in [0.1, 0.15) is 5.82 Å². The lowest BCUT2D eigenvalue weighted by atomic mass is 10.1. The zero-order valence-electron chi connectivity index (χ0n) is 9.42. The van der Waals surface area contributed by atoms with E-state index < -0.39 is 23.5 Å². The first-order chi connectivity index (χ1) is 8.34. The van der Waals surface area contributed by atoms with Crippen molar-refractivity contribution in [3.05, 3.63) is 41.2 Å². The van der Waals surface area contributed by atoms with Gasteiger partial charge in [-0.15, -0.1) is 0 Å². The molecule has 0 aliphatic carbocycles. The topological polar surface area (TPSA) is 26.3 Å². The van der Waals surface area contributed by atoms with Gasteiger partial charge in [0.2, 0.25) is 0 Å². The quantitative estimate of drug-likeness (QED) is 0.616. The molecule has 0 saturated carbocycles. The molecular formula is C12H10F4O2. The summed E-state index contributed by atoms with van der Waals surface area (Å²) in [7, 11) is 1.20. The highest BCUT2D eigenvalue weighted by Crippen LogP contribution is 2.32. The smallest absolute Gasteiger partial charge is 0.419 e. The summed E-state index contributed by atoms with van der Waals surface area (Å²) in [4.78, 5) is 10.8. The number of hydrogen-bond acceptors (Lipinski definition) is 2. The third-order valence-electron chi connectivity index (χ3n) is 2.12. The van der Waals surface area contributed by atoms with E-state index in [2.05, 4.69) is 4.74 Å². The van der Waals surface area contributed by atoms with E-state index in [-0.39, 0.29) is 12.0 Å². The highest BCUT2D eigenvalue weighted by Gasteiger charge is 2.33. The van der Waals surface area contributed by atoms with Gasteiger partial charge in [0.25, 0.3) is 0 Å². The summed E-state index contributed by atoms with van der Waals surface area (Å²) in [6, 6.07) is 2.61. The monoisotopic (exact) mass is 262 g/mol. The number of benzene rings is 1. The van der Waals surface area contributed by atoms with Crippen molar-refractivity contribution in [2.24, 2.45) is 0 Å². The molecule has 0 spiro atoms. The third kappa shape index (κ3) is 3.87. The summed E-state index contributed by atoms with van der Waals surface area (Å²) in [5.74, 6) is -1.84. The van der Waals surface area contributed by atoms with Gasteiger partial charge in [-0.3, -0.25) is 4.79 Å². The third-order valence-corrected chi connectivity index (χ3v) is 2.12. The van der Waals surface area contributed by atoms with Crippen LogP contribution in [0.2, 0.25) is 0 Å². The Hall–Kier alpha value is -1.85. The first-order valence-corrected chi connectivity index (χ1v) is 4.94. The maximum atomic E-state index is 13.0. The van der Waals surface area contributed by atoms with Crippen LogP contribution in [0.4, 0.5) is 17.6 Å². The van der Waals surface area contributed by atoms with Crippen molar-refractivity contribution in [2.75, 3.05) is 7.11 Å². The van der Waals surface area contributed by atoms with E-state index in [1.165, 1.54) is 25.3 Å². The van der Waals surface area contributed by atoms with Crippen molar-refractivity contribution in [1.82, 2.24) is 0 Å². The number of rotatable bonds is 3. The van der Waals surface area contributed by atoms with Gasteiger partial charge in [-0.2, -0.15) is 13.2 Å². The van der Waals surface area contributed by atoms with Crippen LogP contribution in [0.1, 0.15) is 17.5 Å². The maximum Gasteiger partial charge on any atom is 0.419 e. The molecule has 0 N–H and O–H groups in total. The van der Waals surface area contributed by atoms with Gasteiger partial charge in [-0.25, -0.2) is 4.39 Å². The lowest BCUT2D eigenvalue weighted by Crippen LogP contribution is -2.08. The Morgan fingerprint density at radius 1 is 1.39 bits per heavy atom. The fourth-order valence-corrected chi connectivity index (χ4v) is 1.24. The predicted octanol–water partition coefficient (Wildman–Crippen LogP) is 3.42. The number of hydrogen-bond donors (Lipinski definition) is 0. The van der Waals surface area contributed by atoms with Crippen LogP contribution in [0, 0.1) is 5.82 Å². The fraction of sp³-hybridized carbons (Fsp3) is 0.250. The second kappa shape index (κ2) is 5.66. The van der Waals surface area contributed by atoms with Crippen LogP contribution in [0.15, 0.2) is 24.3 Å². The van der Waals surface area contributed by atoms with Gasteiger partial charge < -0.3 is 4.74 Å². The molecule has 0 bridgehead atoms. The summed E-state index contributed by atoms with van der Waals surface area (Å²) in [6.45, 7) is 0. The minimum absolute atomic E-state index is 0.0603. The molecule has 0 atom stereocenters. The Labute approximate surface area is 101 Å². The Kier molecular flexibility index (Phi) is 4.47. The van der Waals surface area contributed by atoms with Gasteiger partial charge in [0.05, 0.1) is 19.1 Å². The molecule has 0 aliphatic rings. The summed E-state index contributed by atoms with van der Waals surface area (Å²) in [5.41, 5.74) is -1.17. The zero-order valence-corrected chi connectivity index (χ0v) is 9.42. The van der Waals surface area contributed by atoms with Crippen LogP contribution in [-0.2, 0) is 15.7 Å². The van der Waals surface area contributed by atoms with Crippen LogP contribution in [0.3, 0.4) is 0 Å². The Morgan fingerprint density at radius 3 is 2.61 bits per heavy atom. The lowest BCUT2D eigenvalue weighted by molar-refractivity contribution is -0.140. The van der Waals surface area contributed by atoms with Crippen molar-refractivity contribution in [2.45, 2.75) is 12.6 Å². The molecule has 0 aromatic heterocycles. The number of ether oxygens (including phenoxy) is 1. The Morgan fingerprint density at radius 2 is 2.06 bits per heavy atom. The van der Waals surface area contributed by atoms with Crippen molar-refractivity contribution < 1.29 is 27.1 Å². The molecule has 1 aromatic rings. The standard InChI is InChI=1S/C12H10F4O2/c1-18-11(17)4-2-3-8-5-6-10(13)9(7-8)12(14,15)16/h2-3,5-7H,4H2,1H3. The normalized spacial score (nSPS) is 11.8. The number of halogens is 4. The highest BCUT2D eigenvalue weighted by molar-refractivity contribution is 5.72. The fourth-order valence-electron chi connectivity index (χ4n) is 1.24. The molecule has 1 rings (SSSR count). The van der Waals surface area contributed by atoms with Gasteiger partial charge in [0, 0.05) is 0 Å². The van der Waals surface area contributed by atoms with E-state index in [1.807, 2.05) is 0 Å². The SMILES string of the molecule is COC(=O)CC=Cc1ccc(F)c(C(F)(F)F)c1. The van der Waals surface area contributed by atoms with E-state index in [0.29, 0.717) is 6.07 Å². The lowest BCUT2D eigenvalue weighted by Gasteiger charge is -2.08. The summed E-state index contributed by atoms with van der Waals surface area (Å²) < 4.78 is 54.5. The zero-order chi connectivity index (χ0) is 13.8. The summed E-state index contributed by atoms with van der Waals surface area (Å²) in [6.07, 6.45) is -2.16. The average molecular weight is 262 g/mol. The molecule has 0 saturated heterocycles. The number of carbonyl (C=O) groups is 1. The maximum absolute atomic E-state index is 13.0. The first-order valence-electron chi connectivity index (χ1n) is 4.94. The van der Waals surface area contributed by atoms with Crippen LogP contribution in [0.5, 0.6) is 0 Å². The number of carbonyl (C=O) groups excluding carboxylic acids is 1. The average Bonchev–Trinajstić information content (AvgIpc) is 2.29. The van der Waals surface area contributed by atoms with Crippen molar-refractivity contribution in [3.8, 4) is 0 Å². The van der Waals surface area contributed by atoms with Gasteiger partial charge >= 0.3 is 12.1 Å². The minimum Gasteiger partial charge on any atom is -0.469 e. The van der Waals surface area contributed by atoms with Crippen molar-refractivity contribution in [3.63, 3.8) is 0 Å². The molecule has 98 valence electrons. The summed E-state index contributed by atoms with van der Waals surface area (Å²) >= 11 is 0. The van der Waals surface area contributed by atoms with Crippen LogP contribution < -0.4 is 0 Å². The van der Waals surface area contributed by atoms with E-state index in [1.54, 1.807) is 0 Å². The van der Waals surface area contributed by atoms with Crippen LogP contribution in [-0.4, -0.2) is 13.1 Å². The van der Waals surface area contributed by atoms with Crippen LogP contribution >= 0.6 is 0 Å². The van der Waals surface area contributed by atoms with E-state index in [0.717, 1.165) is 6.07 Å². The predicted molar refractivity (Wildman–Crippen MR) is 57.1 cm³/mol. The van der Waals surface area contributed by atoms with E-state index >= 15 is 0 Å². The molecule has 0 radical (unpaired) electrons. The molecule has 0 fully saturated rings. The first kappa shape index (κ1) is 14.2. The van der Waals surface area contributed by atoms with Crippen LogP contribution in [0.25, 0.3) is 6.08 Å². The Balaban J connectivity index is 2.89. The van der Waals surface area contributed by atoms with Crippen molar-refractivity contribution >= 4 is 12.0 Å². The molecule has 0 heterocycles. The second-order valence-corrected chi connectivity index (χ2v) is 3.42. The number of alkyl halides is 3. The van der Waals surface area contributed by atoms with Gasteiger partial charge in [0.15, 0.2) is 0 Å². The second-order valence-electron chi connectivity index (χ2n) is 3.42. The molecule has 0 unspecified atom stereocenters. The van der Waals surface area contributed by atoms with Crippen molar-refractivity contribution in [1.29, 1.82) is 0 Å². The molecule has 2 nitrogen and oxygen atoms in total. The Bertz CT molecular complexity index is 464. The molecule has 0 aliphatic heterocycles. The molecular weight excluding hydrogens is 252 g/mol. The number of methoxy groups -OCH3 is 1. The molecule has 0 amide bonds. The molecule has 1 aromatic carbocycles. The van der Waals surface area contributed by atoms with Gasteiger partial charge in [-0.1, -0.05) is 18.2 Å². The minimum atomic E-state index is -4.74. The highest BCUT2D eigenvalue weighted by atomic mass is 19.4. The largest absolute Gasteiger partial charge is 0.469 e. The van der Waals surface area contributed by atoms with Gasteiger partial charge in [-0.05, 0) is 17.7 Å². The summed E-state index contributed by atoms with van der Waals surface area (Å²) in [5, 5.41) is 0. The van der Waals surface area contributed by atoms with E-state index in [9.17, 15) is 22.4 Å². The van der Waals surface area contributed by atoms with E-state index in [4.69, 9.17) is 0 Å². The molecule has 6 heteroatoms. The number of esters is 1.